The molecule has 0 heterocycles. The van der Waals surface area contributed by atoms with E-state index >= 15 is 0 Å². The van der Waals surface area contributed by atoms with E-state index in [0.717, 1.165) is 17.1 Å². The van der Waals surface area contributed by atoms with Gasteiger partial charge in [0.05, 0.1) is 0 Å². The smallest absolute Gasteiger partial charge is 0.0459 e. The number of rotatable bonds is 5. The van der Waals surface area contributed by atoms with Crippen LogP contribution in [0.2, 0.25) is 5.02 Å². The Morgan fingerprint density at radius 2 is 2.20 bits per heavy atom. The van der Waals surface area contributed by atoms with Crippen LogP contribution in [0.1, 0.15) is 18.0 Å². The lowest BCUT2D eigenvalue weighted by Gasteiger charge is -2.17. The van der Waals surface area contributed by atoms with E-state index in [0.29, 0.717) is 13.0 Å². The molecule has 80 valence electrons. The largest absolute Gasteiger partial charge is 0.329 e. The first kappa shape index (κ1) is 12.1. The van der Waals surface area contributed by atoms with Crippen LogP contribution in [0.4, 0.5) is 0 Å². The lowest BCUT2D eigenvalue weighted by molar-refractivity contribution is 0.551. The molecule has 0 saturated heterocycles. The number of halogens is 1. The number of benzene rings is 1. The van der Waals surface area contributed by atoms with Crippen molar-refractivity contribution in [3.05, 3.63) is 34.9 Å². The van der Waals surface area contributed by atoms with Crippen LogP contribution in [0.25, 0.3) is 0 Å². The van der Waals surface area contributed by atoms with E-state index in [2.05, 4.69) is 11.2 Å². The van der Waals surface area contributed by atoms with E-state index < -0.39 is 0 Å². The first-order valence-corrected chi connectivity index (χ1v) is 5.28. The van der Waals surface area contributed by atoms with Gasteiger partial charge in [-0.1, -0.05) is 29.8 Å². The van der Waals surface area contributed by atoms with Gasteiger partial charge in [-0.25, -0.2) is 0 Å². The third-order valence-electron chi connectivity index (χ3n) is 2.18. The standard InChI is InChI=1S/C12H15ClN2/c1-2-3-8-15-12(9-14)10-6-4-5-7-11(10)13/h1,4-7,12,15H,3,8-9,14H2. The summed E-state index contributed by atoms with van der Waals surface area (Å²) < 4.78 is 0. The van der Waals surface area contributed by atoms with Gasteiger partial charge < -0.3 is 11.1 Å². The molecule has 0 aliphatic carbocycles. The number of nitrogens with two attached hydrogens (primary N) is 1. The van der Waals surface area contributed by atoms with E-state index in [1.54, 1.807) is 0 Å². The van der Waals surface area contributed by atoms with Crippen molar-refractivity contribution in [2.24, 2.45) is 5.73 Å². The first-order chi connectivity index (χ1) is 7.29. The quantitative estimate of drug-likeness (QED) is 0.591. The predicted molar refractivity (Wildman–Crippen MR) is 64.7 cm³/mol. The van der Waals surface area contributed by atoms with Crippen LogP contribution in [-0.4, -0.2) is 13.1 Å². The Kier molecular flexibility index (Phi) is 5.20. The summed E-state index contributed by atoms with van der Waals surface area (Å²) >= 11 is 6.07. The normalized spacial score (nSPS) is 12.1. The average molecular weight is 223 g/mol. The second kappa shape index (κ2) is 6.47. The highest BCUT2D eigenvalue weighted by Crippen LogP contribution is 2.21. The van der Waals surface area contributed by atoms with Crippen molar-refractivity contribution in [3.63, 3.8) is 0 Å². The zero-order valence-corrected chi connectivity index (χ0v) is 9.30. The van der Waals surface area contributed by atoms with Crippen LogP contribution >= 0.6 is 11.6 Å². The van der Waals surface area contributed by atoms with Crippen LogP contribution in [0.15, 0.2) is 24.3 Å². The molecule has 0 aromatic heterocycles. The highest BCUT2D eigenvalue weighted by Gasteiger charge is 2.10. The molecule has 1 aromatic carbocycles. The lowest BCUT2D eigenvalue weighted by Crippen LogP contribution is -2.29. The molecule has 0 aliphatic heterocycles. The molecule has 1 aromatic rings. The maximum absolute atomic E-state index is 6.07. The van der Waals surface area contributed by atoms with E-state index in [-0.39, 0.29) is 6.04 Å². The van der Waals surface area contributed by atoms with Gasteiger partial charge in [-0.3, -0.25) is 0 Å². The van der Waals surface area contributed by atoms with Crippen LogP contribution in [0.3, 0.4) is 0 Å². The second-order valence-corrected chi connectivity index (χ2v) is 3.63. The van der Waals surface area contributed by atoms with Gasteiger partial charge in [-0.05, 0) is 11.6 Å². The highest BCUT2D eigenvalue weighted by atomic mass is 35.5. The van der Waals surface area contributed by atoms with E-state index in [1.807, 2.05) is 24.3 Å². The van der Waals surface area contributed by atoms with Crippen molar-refractivity contribution in [2.75, 3.05) is 13.1 Å². The van der Waals surface area contributed by atoms with Gasteiger partial charge in [0.15, 0.2) is 0 Å². The molecule has 1 unspecified atom stereocenters. The minimum Gasteiger partial charge on any atom is -0.329 e. The minimum atomic E-state index is 0.0760. The number of nitrogens with one attached hydrogen (secondary N) is 1. The Labute approximate surface area is 95.8 Å². The van der Waals surface area contributed by atoms with Gasteiger partial charge in [-0.2, -0.15) is 0 Å². The molecular formula is C12H15ClN2. The maximum atomic E-state index is 6.07. The summed E-state index contributed by atoms with van der Waals surface area (Å²) in [4.78, 5) is 0. The predicted octanol–water partition coefficient (Wildman–Crippen LogP) is 1.95. The van der Waals surface area contributed by atoms with Crippen molar-refractivity contribution in [1.29, 1.82) is 0 Å². The fourth-order valence-electron chi connectivity index (χ4n) is 1.40. The molecule has 2 nitrogen and oxygen atoms in total. The third kappa shape index (κ3) is 3.56. The summed E-state index contributed by atoms with van der Waals surface area (Å²) in [5.74, 6) is 2.58. The van der Waals surface area contributed by atoms with Gasteiger partial charge in [0.1, 0.15) is 0 Å². The molecule has 3 N–H and O–H groups in total. The van der Waals surface area contributed by atoms with Crippen molar-refractivity contribution in [2.45, 2.75) is 12.5 Å². The fraction of sp³-hybridized carbons (Fsp3) is 0.333. The molecule has 3 heteroatoms. The molecule has 1 rings (SSSR count). The molecule has 0 fully saturated rings. The number of terminal acetylenes is 1. The molecular weight excluding hydrogens is 208 g/mol. The first-order valence-electron chi connectivity index (χ1n) is 4.91. The molecule has 0 saturated carbocycles. The van der Waals surface area contributed by atoms with Crippen LogP contribution in [0.5, 0.6) is 0 Å². The minimum absolute atomic E-state index is 0.0760. The third-order valence-corrected chi connectivity index (χ3v) is 2.52. The summed E-state index contributed by atoms with van der Waals surface area (Å²) in [5.41, 5.74) is 6.71. The summed E-state index contributed by atoms with van der Waals surface area (Å²) in [5, 5.41) is 4.01. The summed E-state index contributed by atoms with van der Waals surface area (Å²) in [7, 11) is 0. The van der Waals surface area contributed by atoms with Crippen molar-refractivity contribution < 1.29 is 0 Å². The van der Waals surface area contributed by atoms with E-state index in [9.17, 15) is 0 Å². The average Bonchev–Trinajstić information content (AvgIpc) is 2.26. The summed E-state index contributed by atoms with van der Waals surface area (Å²) in [6.07, 6.45) is 5.87. The molecule has 0 aliphatic rings. The van der Waals surface area contributed by atoms with Crippen molar-refractivity contribution >= 4 is 11.6 Å². The molecule has 0 spiro atoms. The van der Waals surface area contributed by atoms with E-state index in [4.69, 9.17) is 23.8 Å². The zero-order chi connectivity index (χ0) is 11.1. The van der Waals surface area contributed by atoms with Crippen molar-refractivity contribution in [1.82, 2.24) is 5.32 Å². The van der Waals surface area contributed by atoms with Crippen LogP contribution in [-0.2, 0) is 0 Å². The summed E-state index contributed by atoms with van der Waals surface area (Å²) in [6.45, 7) is 1.26. The highest BCUT2D eigenvalue weighted by molar-refractivity contribution is 6.31. The van der Waals surface area contributed by atoms with Crippen molar-refractivity contribution in [3.8, 4) is 12.3 Å². The topological polar surface area (TPSA) is 38.0 Å². The molecule has 1 atom stereocenters. The molecule has 0 bridgehead atoms. The van der Waals surface area contributed by atoms with E-state index in [1.165, 1.54) is 0 Å². The Morgan fingerprint density at radius 3 is 2.80 bits per heavy atom. The van der Waals surface area contributed by atoms with Crippen LogP contribution in [0, 0.1) is 12.3 Å². The number of hydrogen-bond acceptors (Lipinski definition) is 2. The maximum Gasteiger partial charge on any atom is 0.0459 e. The van der Waals surface area contributed by atoms with Gasteiger partial charge in [0.25, 0.3) is 0 Å². The second-order valence-electron chi connectivity index (χ2n) is 3.22. The molecule has 0 radical (unpaired) electrons. The van der Waals surface area contributed by atoms with Gasteiger partial charge in [-0.15, -0.1) is 12.3 Å². The van der Waals surface area contributed by atoms with Crippen LogP contribution < -0.4 is 11.1 Å². The molecule has 15 heavy (non-hydrogen) atoms. The zero-order valence-electron chi connectivity index (χ0n) is 8.54. The summed E-state index contributed by atoms with van der Waals surface area (Å²) in [6, 6.07) is 7.77. The Hall–Kier alpha value is -1.01. The SMILES string of the molecule is C#CCCNC(CN)c1ccccc1Cl. The monoisotopic (exact) mass is 222 g/mol. The Bertz CT molecular complexity index is 344. The van der Waals surface area contributed by atoms with Gasteiger partial charge in [0, 0.05) is 30.6 Å². The lowest BCUT2D eigenvalue weighted by atomic mass is 10.1. The Balaban J connectivity index is 2.66. The fourth-order valence-corrected chi connectivity index (χ4v) is 1.66. The van der Waals surface area contributed by atoms with Gasteiger partial charge in [0.2, 0.25) is 0 Å². The van der Waals surface area contributed by atoms with Gasteiger partial charge >= 0.3 is 0 Å². The number of hydrogen-bond donors (Lipinski definition) is 2. The molecule has 0 amide bonds. The Morgan fingerprint density at radius 1 is 1.47 bits per heavy atom.